The number of halogens is 3. The third kappa shape index (κ3) is 4.09. The number of benzene rings is 2. The van der Waals surface area contributed by atoms with Crippen LogP contribution in [0.2, 0.25) is 0 Å². The molecule has 2 aromatic rings. The molecule has 0 aliphatic heterocycles. The topological polar surface area (TPSA) is 69.4 Å². The molecule has 0 saturated carbocycles. The maximum atomic E-state index is 12.6. The molecular formula is C16H12F3NO3. The fourth-order valence-corrected chi connectivity index (χ4v) is 1.89. The van der Waals surface area contributed by atoms with Gasteiger partial charge in [0.1, 0.15) is 5.75 Å². The Morgan fingerprint density at radius 3 is 2.39 bits per heavy atom. The van der Waals surface area contributed by atoms with Crippen LogP contribution in [0.4, 0.5) is 13.2 Å². The van der Waals surface area contributed by atoms with Crippen LogP contribution in [0.25, 0.3) is 0 Å². The second kappa shape index (κ2) is 6.51. The molecule has 0 unspecified atom stereocenters. The van der Waals surface area contributed by atoms with E-state index in [2.05, 4.69) is 0 Å². The fraction of sp³-hybridized carbons (Fsp3) is 0.125. The second-order valence-electron chi connectivity index (χ2n) is 4.65. The lowest BCUT2D eigenvalue weighted by molar-refractivity contribution is -0.137. The molecule has 0 aromatic heterocycles. The Bertz CT molecular complexity index is 741. The zero-order valence-corrected chi connectivity index (χ0v) is 11.8. The quantitative estimate of drug-likeness (QED) is 0.860. The smallest absolute Gasteiger partial charge is 0.416 e. The molecule has 0 saturated heterocycles. The first-order valence-corrected chi connectivity index (χ1v) is 6.51. The van der Waals surface area contributed by atoms with Gasteiger partial charge < -0.3 is 10.5 Å². The van der Waals surface area contributed by atoms with E-state index in [1.807, 2.05) is 0 Å². The maximum absolute atomic E-state index is 12.6. The van der Waals surface area contributed by atoms with Gasteiger partial charge in [0, 0.05) is 5.56 Å². The van der Waals surface area contributed by atoms with Crippen LogP contribution >= 0.6 is 0 Å². The van der Waals surface area contributed by atoms with Crippen molar-refractivity contribution in [3.8, 4) is 5.75 Å². The van der Waals surface area contributed by atoms with Crippen molar-refractivity contribution in [1.29, 1.82) is 0 Å². The number of ether oxygens (including phenoxy) is 1. The molecule has 0 bridgehead atoms. The molecule has 0 heterocycles. The number of rotatable bonds is 5. The van der Waals surface area contributed by atoms with E-state index in [0.29, 0.717) is 0 Å². The van der Waals surface area contributed by atoms with E-state index >= 15 is 0 Å². The van der Waals surface area contributed by atoms with Crippen LogP contribution in [-0.2, 0) is 6.18 Å². The van der Waals surface area contributed by atoms with E-state index in [4.69, 9.17) is 10.5 Å². The Kier molecular flexibility index (Phi) is 4.68. The molecule has 4 nitrogen and oxygen atoms in total. The highest BCUT2D eigenvalue weighted by Gasteiger charge is 2.30. The minimum Gasteiger partial charge on any atom is -0.485 e. The second-order valence-corrected chi connectivity index (χ2v) is 4.65. The van der Waals surface area contributed by atoms with Crippen molar-refractivity contribution in [1.82, 2.24) is 0 Å². The molecule has 120 valence electrons. The number of carbonyl (C=O) groups excluding carboxylic acids is 2. The van der Waals surface area contributed by atoms with E-state index in [1.54, 1.807) is 12.1 Å². The van der Waals surface area contributed by atoms with E-state index in [0.717, 1.165) is 18.2 Å². The number of carbonyl (C=O) groups is 2. The van der Waals surface area contributed by atoms with E-state index in [9.17, 15) is 22.8 Å². The number of amides is 1. The number of hydrogen-bond donors (Lipinski definition) is 1. The van der Waals surface area contributed by atoms with Gasteiger partial charge in [0.25, 0.3) is 5.91 Å². The van der Waals surface area contributed by atoms with Gasteiger partial charge in [0.2, 0.25) is 0 Å². The Hall–Kier alpha value is -2.83. The number of para-hydroxylation sites is 1. The van der Waals surface area contributed by atoms with Crippen LogP contribution < -0.4 is 10.5 Å². The largest absolute Gasteiger partial charge is 0.485 e. The average molecular weight is 323 g/mol. The summed E-state index contributed by atoms with van der Waals surface area (Å²) in [6.45, 7) is -0.508. The molecule has 0 spiro atoms. The SMILES string of the molecule is NC(=O)c1ccccc1OCC(=O)c1cccc(C(F)(F)F)c1. The van der Waals surface area contributed by atoms with Gasteiger partial charge in [-0.05, 0) is 24.3 Å². The Labute approximate surface area is 129 Å². The molecule has 23 heavy (non-hydrogen) atoms. The lowest BCUT2D eigenvalue weighted by Crippen LogP contribution is -2.17. The lowest BCUT2D eigenvalue weighted by Gasteiger charge is -2.10. The van der Waals surface area contributed by atoms with Gasteiger partial charge in [-0.3, -0.25) is 9.59 Å². The minimum absolute atomic E-state index is 0.0874. The summed E-state index contributed by atoms with van der Waals surface area (Å²) in [4.78, 5) is 23.2. The number of nitrogens with two attached hydrogens (primary N) is 1. The molecule has 2 N–H and O–H groups in total. The Morgan fingerprint density at radius 2 is 1.74 bits per heavy atom. The van der Waals surface area contributed by atoms with Crippen molar-refractivity contribution < 1.29 is 27.5 Å². The number of alkyl halides is 3. The molecule has 0 atom stereocenters. The summed E-state index contributed by atoms with van der Waals surface area (Å²) in [6, 6.07) is 10.1. The molecule has 0 fully saturated rings. The normalized spacial score (nSPS) is 11.1. The summed E-state index contributed by atoms with van der Waals surface area (Å²) in [7, 11) is 0. The van der Waals surface area contributed by atoms with Gasteiger partial charge >= 0.3 is 6.18 Å². The Morgan fingerprint density at radius 1 is 1.04 bits per heavy atom. The van der Waals surface area contributed by atoms with Crippen molar-refractivity contribution in [2.45, 2.75) is 6.18 Å². The molecule has 0 aliphatic rings. The predicted molar refractivity (Wildman–Crippen MR) is 76.2 cm³/mol. The number of Topliss-reactive ketones (excluding diaryl/α,β-unsaturated/α-hetero) is 1. The third-order valence-corrected chi connectivity index (χ3v) is 3.02. The van der Waals surface area contributed by atoms with E-state index in [1.165, 1.54) is 18.2 Å². The summed E-state index contributed by atoms with van der Waals surface area (Å²) in [5.41, 5.74) is 4.21. The van der Waals surface area contributed by atoms with Crippen LogP contribution in [0.15, 0.2) is 48.5 Å². The highest BCUT2D eigenvalue weighted by Crippen LogP contribution is 2.29. The molecule has 2 aromatic carbocycles. The summed E-state index contributed by atoms with van der Waals surface area (Å²) < 4.78 is 43.1. The summed E-state index contributed by atoms with van der Waals surface area (Å²) >= 11 is 0. The van der Waals surface area contributed by atoms with Gasteiger partial charge in [0.05, 0.1) is 11.1 Å². The zero-order chi connectivity index (χ0) is 17.0. The van der Waals surface area contributed by atoms with Crippen molar-refractivity contribution >= 4 is 11.7 Å². The van der Waals surface area contributed by atoms with Crippen molar-refractivity contribution in [3.63, 3.8) is 0 Å². The van der Waals surface area contributed by atoms with Crippen molar-refractivity contribution in [2.75, 3.05) is 6.61 Å². The highest BCUT2D eigenvalue weighted by molar-refractivity contribution is 5.98. The van der Waals surface area contributed by atoms with Crippen molar-refractivity contribution in [3.05, 3.63) is 65.2 Å². The number of ketones is 1. The van der Waals surface area contributed by atoms with Gasteiger partial charge in [-0.25, -0.2) is 0 Å². The minimum atomic E-state index is -4.53. The maximum Gasteiger partial charge on any atom is 0.416 e. The van der Waals surface area contributed by atoms with Gasteiger partial charge in [0.15, 0.2) is 12.4 Å². The van der Waals surface area contributed by atoms with E-state index < -0.39 is 30.0 Å². The molecule has 1 amide bonds. The lowest BCUT2D eigenvalue weighted by atomic mass is 10.1. The molecule has 2 rings (SSSR count). The summed E-state index contributed by atoms with van der Waals surface area (Å²) in [6.07, 6.45) is -4.53. The standard InChI is InChI=1S/C16H12F3NO3/c17-16(18,19)11-5-3-4-10(8-11)13(21)9-23-14-7-2-1-6-12(14)15(20)22/h1-8H,9H2,(H2,20,22). The van der Waals surface area contributed by atoms with Gasteiger partial charge in [-0.15, -0.1) is 0 Å². The van der Waals surface area contributed by atoms with Gasteiger partial charge in [-0.1, -0.05) is 24.3 Å². The summed E-state index contributed by atoms with van der Waals surface area (Å²) in [5.74, 6) is -1.28. The fourth-order valence-electron chi connectivity index (χ4n) is 1.89. The third-order valence-electron chi connectivity index (χ3n) is 3.02. The van der Waals surface area contributed by atoms with Crippen LogP contribution in [0.5, 0.6) is 5.75 Å². The first-order chi connectivity index (χ1) is 10.8. The summed E-state index contributed by atoms with van der Waals surface area (Å²) in [5, 5.41) is 0. The van der Waals surface area contributed by atoms with Crippen LogP contribution in [0, 0.1) is 0 Å². The molecule has 0 radical (unpaired) electrons. The average Bonchev–Trinajstić information content (AvgIpc) is 2.52. The highest BCUT2D eigenvalue weighted by atomic mass is 19.4. The Balaban J connectivity index is 2.13. The van der Waals surface area contributed by atoms with Crippen LogP contribution in [0.1, 0.15) is 26.3 Å². The van der Waals surface area contributed by atoms with Crippen LogP contribution in [-0.4, -0.2) is 18.3 Å². The number of hydrogen-bond acceptors (Lipinski definition) is 3. The molecular weight excluding hydrogens is 311 g/mol. The molecule has 7 heteroatoms. The number of primary amides is 1. The zero-order valence-electron chi connectivity index (χ0n) is 11.8. The first-order valence-electron chi connectivity index (χ1n) is 6.51. The predicted octanol–water partition coefficient (Wildman–Crippen LogP) is 3.07. The van der Waals surface area contributed by atoms with Crippen molar-refractivity contribution in [2.24, 2.45) is 5.73 Å². The first kappa shape index (κ1) is 16.5. The van der Waals surface area contributed by atoms with E-state index in [-0.39, 0.29) is 16.9 Å². The van der Waals surface area contributed by atoms with Gasteiger partial charge in [-0.2, -0.15) is 13.2 Å². The van der Waals surface area contributed by atoms with Crippen LogP contribution in [0.3, 0.4) is 0 Å². The molecule has 0 aliphatic carbocycles. The monoisotopic (exact) mass is 323 g/mol.